The molecule has 0 bridgehead atoms. The molecule has 0 saturated heterocycles. The molecule has 1 aliphatic rings. The summed E-state index contributed by atoms with van der Waals surface area (Å²) in [6.45, 7) is 0. The number of thioether (sulfide) groups is 1. The summed E-state index contributed by atoms with van der Waals surface area (Å²) in [6.07, 6.45) is 1.76. The lowest BCUT2D eigenvalue weighted by molar-refractivity contribution is 0.0887. The third-order valence-corrected chi connectivity index (χ3v) is 4.63. The number of amides is 1. The largest absolute Gasteiger partial charge is 0.269 e. The van der Waals surface area contributed by atoms with Gasteiger partial charge in [0.1, 0.15) is 4.90 Å². The molecule has 15 heavy (non-hydrogen) atoms. The molecular weight excluding hydrogens is 234 g/mol. The third-order valence-electron chi connectivity index (χ3n) is 2.16. The van der Waals surface area contributed by atoms with Crippen LogP contribution in [0.5, 0.6) is 0 Å². The Labute approximate surface area is 92.3 Å². The zero-order valence-corrected chi connectivity index (χ0v) is 9.64. The van der Waals surface area contributed by atoms with Gasteiger partial charge in [-0.05, 0) is 18.4 Å². The van der Waals surface area contributed by atoms with Gasteiger partial charge in [-0.1, -0.05) is 12.1 Å². The SMILES string of the molecule is CSCN1C(=O)c2ccccc2S1(=O)=O. The summed E-state index contributed by atoms with van der Waals surface area (Å²) in [7, 11) is -3.59. The van der Waals surface area contributed by atoms with Crippen molar-refractivity contribution < 1.29 is 13.2 Å². The molecule has 0 aliphatic carbocycles. The Kier molecular flexibility index (Phi) is 2.47. The smallest absolute Gasteiger partial charge is 0.268 e. The summed E-state index contributed by atoms with van der Waals surface area (Å²) in [5.41, 5.74) is 0.270. The molecule has 0 N–H and O–H groups in total. The molecule has 0 radical (unpaired) electrons. The molecule has 1 heterocycles. The summed E-state index contributed by atoms with van der Waals surface area (Å²) in [5.74, 6) is -0.268. The lowest BCUT2D eigenvalue weighted by Crippen LogP contribution is -2.29. The Balaban J connectivity index is 2.60. The highest BCUT2D eigenvalue weighted by Crippen LogP contribution is 2.30. The Morgan fingerprint density at radius 3 is 2.60 bits per heavy atom. The van der Waals surface area contributed by atoms with Crippen molar-refractivity contribution >= 4 is 27.7 Å². The van der Waals surface area contributed by atoms with Crippen molar-refractivity contribution in [1.82, 2.24) is 4.31 Å². The molecule has 0 atom stereocenters. The summed E-state index contributed by atoms with van der Waals surface area (Å²) < 4.78 is 24.7. The van der Waals surface area contributed by atoms with Crippen LogP contribution < -0.4 is 0 Å². The van der Waals surface area contributed by atoms with Gasteiger partial charge in [0.05, 0.1) is 11.4 Å². The van der Waals surface area contributed by atoms with Gasteiger partial charge in [0.2, 0.25) is 0 Å². The van der Waals surface area contributed by atoms with Gasteiger partial charge in [-0.2, -0.15) is 0 Å². The number of sulfonamides is 1. The molecule has 6 heteroatoms. The number of carbonyl (C=O) groups is 1. The fraction of sp³-hybridized carbons (Fsp3) is 0.222. The van der Waals surface area contributed by atoms with E-state index >= 15 is 0 Å². The quantitative estimate of drug-likeness (QED) is 0.782. The molecule has 0 fully saturated rings. The van der Waals surface area contributed by atoms with Crippen molar-refractivity contribution in [1.29, 1.82) is 0 Å². The minimum Gasteiger partial charge on any atom is -0.268 e. The Hall–Kier alpha value is -1.01. The van der Waals surface area contributed by atoms with E-state index in [-0.39, 0.29) is 16.3 Å². The maximum absolute atomic E-state index is 11.9. The third kappa shape index (κ3) is 1.44. The molecule has 0 aromatic heterocycles. The van der Waals surface area contributed by atoms with Crippen LogP contribution in [0.15, 0.2) is 29.2 Å². The molecule has 80 valence electrons. The average molecular weight is 243 g/mol. The second-order valence-electron chi connectivity index (χ2n) is 3.07. The van der Waals surface area contributed by atoms with Gasteiger partial charge in [0.25, 0.3) is 15.9 Å². The van der Waals surface area contributed by atoms with Gasteiger partial charge in [-0.15, -0.1) is 11.8 Å². The van der Waals surface area contributed by atoms with E-state index in [1.165, 1.54) is 23.9 Å². The first-order valence-corrected chi connectivity index (χ1v) is 7.07. The van der Waals surface area contributed by atoms with Crippen LogP contribution in [0.2, 0.25) is 0 Å². The minimum absolute atomic E-state index is 0.115. The van der Waals surface area contributed by atoms with Crippen LogP contribution >= 0.6 is 11.8 Å². The molecule has 0 saturated carbocycles. The van der Waals surface area contributed by atoms with Crippen molar-refractivity contribution in [3.8, 4) is 0 Å². The van der Waals surface area contributed by atoms with E-state index in [2.05, 4.69) is 0 Å². The predicted molar refractivity (Wildman–Crippen MR) is 58.2 cm³/mol. The maximum atomic E-state index is 11.9. The molecule has 1 aromatic carbocycles. The first-order chi connectivity index (χ1) is 7.09. The highest BCUT2D eigenvalue weighted by atomic mass is 32.2. The molecule has 0 spiro atoms. The van der Waals surface area contributed by atoms with E-state index in [0.717, 1.165) is 4.31 Å². The van der Waals surface area contributed by atoms with E-state index in [1.54, 1.807) is 18.4 Å². The van der Waals surface area contributed by atoms with E-state index in [4.69, 9.17) is 0 Å². The lowest BCUT2D eigenvalue weighted by Gasteiger charge is -2.12. The van der Waals surface area contributed by atoms with E-state index < -0.39 is 15.9 Å². The number of rotatable bonds is 2. The maximum Gasteiger partial charge on any atom is 0.269 e. The van der Waals surface area contributed by atoms with Gasteiger partial charge in [-0.25, -0.2) is 12.7 Å². The summed E-state index contributed by atoms with van der Waals surface area (Å²) in [6, 6.07) is 6.28. The normalized spacial score (nSPS) is 17.9. The van der Waals surface area contributed by atoms with E-state index in [1.807, 2.05) is 0 Å². The van der Waals surface area contributed by atoms with Crippen LogP contribution in [0.3, 0.4) is 0 Å². The van der Waals surface area contributed by atoms with Gasteiger partial charge < -0.3 is 0 Å². The highest BCUT2D eigenvalue weighted by molar-refractivity contribution is 7.99. The zero-order valence-electron chi connectivity index (χ0n) is 8.00. The Morgan fingerprint density at radius 2 is 2.00 bits per heavy atom. The van der Waals surface area contributed by atoms with Gasteiger partial charge in [0, 0.05) is 0 Å². The topological polar surface area (TPSA) is 54.5 Å². The van der Waals surface area contributed by atoms with Crippen LogP contribution in [-0.2, 0) is 10.0 Å². The lowest BCUT2D eigenvalue weighted by atomic mass is 10.2. The second kappa shape index (κ2) is 3.53. The number of hydrogen-bond donors (Lipinski definition) is 0. The van der Waals surface area contributed by atoms with Crippen LogP contribution in [-0.4, -0.2) is 30.8 Å². The fourth-order valence-electron chi connectivity index (χ4n) is 1.48. The number of hydrogen-bond acceptors (Lipinski definition) is 4. The van der Waals surface area contributed by atoms with Crippen molar-refractivity contribution in [2.75, 3.05) is 12.1 Å². The van der Waals surface area contributed by atoms with Gasteiger partial charge >= 0.3 is 0 Å². The first kappa shape index (κ1) is 10.5. The van der Waals surface area contributed by atoms with E-state index in [9.17, 15) is 13.2 Å². The van der Waals surface area contributed by atoms with Crippen molar-refractivity contribution in [2.45, 2.75) is 4.90 Å². The first-order valence-electron chi connectivity index (χ1n) is 4.24. The summed E-state index contributed by atoms with van der Waals surface area (Å²) >= 11 is 1.30. The predicted octanol–water partition coefficient (Wildman–Crippen LogP) is 1.15. The van der Waals surface area contributed by atoms with Crippen molar-refractivity contribution in [3.05, 3.63) is 29.8 Å². The number of benzene rings is 1. The molecule has 0 unspecified atom stereocenters. The highest BCUT2D eigenvalue weighted by Gasteiger charge is 2.40. The fourth-order valence-corrected chi connectivity index (χ4v) is 3.94. The van der Waals surface area contributed by atoms with Crippen LogP contribution in [0.1, 0.15) is 10.4 Å². The molecule has 1 aliphatic heterocycles. The average Bonchev–Trinajstić information content (AvgIpc) is 2.41. The number of fused-ring (bicyclic) bond motifs is 1. The standard InChI is InChI=1S/C9H9NO3S2/c1-14-6-10-9(11)7-4-2-3-5-8(7)15(10,12)13/h2-5H,6H2,1H3. The summed E-state index contributed by atoms with van der Waals surface area (Å²) in [4.78, 5) is 11.9. The Morgan fingerprint density at radius 1 is 1.33 bits per heavy atom. The molecule has 4 nitrogen and oxygen atoms in total. The van der Waals surface area contributed by atoms with Crippen LogP contribution in [0.4, 0.5) is 0 Å². The zero-order chi connectivity index (χ0) is 11.1. The monoisotopic (exact) mass is 243 g/mol. The minimum atomic E-state index is -3.59. The summed E-state index contributed by atoms with van der Waals surface area (Å²) in [5, 5.41) is 0. The number of carbonyl (C=O) groups excluding carboxylic acids is 1. The van der Waals surface area contributed by atoms with E-state index in [0.29, 0.717) is 0 Å². The van der Waals surface area contributed by atoms with Crippen molar-refractivity contribution in [3.63, 3.8) is 0 Å². The molecule has 1 aromatic rings. The van der Waals surface area contributed by atoms with Crippen LogP contribution in [0, 0.1) is 0 Å². The molecule has 1 amide bonds. The molecule has 2 rings (SSSR count). The van der Waals surface area contributed by atoms with Crippen LogP contribution in [0.25, 0.3) is 0 Å². The Bertz CT molecular complexity index is 510. The number of nitrogens with zero attached hydrogens (tertiary/aromatic N) is 1. The van der Waals surface area contributed by atoms with Crippen molar-refractivity contribution in [2.24, 2.45) is 0 Å². The molecular formula is C9H9NO3S2. The second-order valence-corrected chi connectivity index (χ2v) is 5.74. The van der Waals surface area contributed by atoms with Gasteiger partial charge in [0.15, 0.2) is 0 Å². The van der Waals surface area contributed by atoms with Gasteiger partial charge in [-0.3, -0.25) is 4.79 Å².